The minimum atomic E-state index is -0.215. The molecule has 144 valence electrons. The number of hydrogen-bond acceptors (Lipinski definition) is 6. The molecular weight excluding hydrogens is 346 g/mol. The minimum Gasteiger partial charge on any atom is -0.506 e. The van der Waals surface area contributed by atoms with Gasteiger partial charge in [-0.25, -0.2) is 0 Å². The predicted molar refractivity (Wildman–Crippen MR) is 103 cm³/mol. The van der Waals surface area contributed by atoms with E-state index in [9.17, 15) is 9.90 Å². The standard InChI is InChI=1S/C21H25NO5/c1-22-17-10-14(4-6-18(17)23)9-16-15(12-27-21(16)24)8-13-5-7-19(25-2)20(11-13)26-3/h4-7,10-11,15-16,22-23H,8-9,12H2,1-3H3/t15-,16+/m0/s1. The quantitative estimate of drug-likeness (QED) is 0.575. The molecule has 6 nitrogen and oxygen atoms in total. The number of carbonyl (C=O) groups is 1. The number of esters is 1. The maximum atomic E-state index is 12.3. The molecule has 27 heavy (non-hydrogen) atoms. The van der Waals surface area contributed by atoms with E-state index in [0.717, 1.165) is 11.1 Å². The van der Waals surface area contributed by atoms with Crippen molar-refractivity contribution in [1.29, 1.82) is 0 Å². The molecule has 0 unspecified atom stereocenters. The number of ether oxygens (including phenoxy) is 3. The third-order valence-corrected chi connectivity index (χ3v) is 5.04. The van der Waals surface area contributed by atoms with Gasteiger partial charge in [0.25, 0.3) is 0 Å². The van der Waals surface area contributed by atoms with E-state index in [1.165, 1.54) is 0 Å². The van der Waals surface area contributed by atoms with Crippen LogP contribution < -0.4 is 14.8 Å². The van der Waals surface area contributed by atoms with Gasteiger partial charge in [-0.3, -0.25) is 4.79 Å². The lowest BCUT2D eigenvalue weighted by molar-refractivity contribution is -0.141. The number of benzene rings is 2. The van der Waals surface area contributed by atoms with Crippen LogP contribution in [0.1, 0.15) is 11.1 Å². The molecule has 1 aliphatic rings. The van der Waals surface area contributed by atoms with Crippen LogP contribution in [-0.4, -0.2) is 38.9 Å². The third-order valence-electron chi connectivity index (χ3n) is 5.04. The van der Waals surface area contributed by atoms with E-state index in [1.54, 1.807) is 27.3 Å². The van der Waals surface area contributed by atoms with Crippen LogP contribution in [0.3, 0.4) is 0 Å². The lowest BCUT2D eigenvalue weighted by Gasteiger charge is -2.17. The summed E-state index contributed by atoms with van der Waals surface area (Å²) in [6, 6.07) is 11.2. The fraction of sp³-hybridized carbons (Fsp3) is 0.381. The van der Waals surface area contributed by atoms with Gasteiger partial charge >= 0.3 is 5.97 Å². The molecule has 2 aromatic carbocycles. The van der Waals surface area contributed by atoms with Crippen molar-refractivity contribution < 1.29 is 24.1 Å². The van der Waals surface area contributed by atoms with Crippen LogP contribution >= 0.6 is 0 Å². The van der Waals surface area contributed by atoms with Crippen molar-refractivity contribution in [1.82, 2.24) is 0 Å². The van der Waals surface area contributed by atoms with Crippen molar-refractivity contribution in [3.63, 3.8) is 0 Å². The highest BCUT2D eigenvalue weighted by atomic mass is 16.5. The molecule has 6 heteroatoms. The van der Waals surface area contributed by atoms with Crippen molar-refractivity contribution in [2.75, 3.05) is 33.2 Å². The summed E-state index contributed by atoms with van der Waals surface area (Å²) in [5, 5.41) is 12.8. The molecule has 1 heterocycles. The van der Waals surface area contributed by atoms with Crippen LogP contribution in [0.2, 0.25) is 0 Å². The summed E-state index contributed by atoms with van der Waals surface area (Å²) >= 11 is 0. The Labute approximate surface area is 159 Å². The second kappa shape index (κ2) is 8.20. The van der Waals surface area contributed by atoms with Gasteiger partial charge in [0.15, 0.2) is 11.5 Å². The van der Waals surface area contributed by atoms with Crippen LogP contribution in [0.5, 0.6) is 17.2 Å². The summed E-state index contributed by atoms with van der Waals surface area (Å²) in [6.45, 7) is 0.412. The molecule has 0 amide bonds. The molecule has 0 saturated carbocycles. The van der Waals surface area contributed by atoms with Crippen molar-refractivity contribution in [3.8, 4) is 17.2 Å². The topological polar surface area (TPSA) is 77.0 Å². The molecule has 0 bridgehead atoms. The van der Waals surface area contributed by atoms with E-state index in [1.807, 2.05) is 30.3 Å². The fourth-order valence-electron chi connectivity index (χ4n) is 3.53. The van der Waals surface area contributed by atoms with Gasteiger partial charge in [0.05, 0.1) is 32.4 Å². The van der Waals surface area contributed by atoms with Gasteiger partial charge in [0.1, 0.15) is 5.75 Å². The van der Waals surface area contributed by atoms with Crippen LogP contribution in [0.4, 0.5) is 5.69 Å². The summed E-state index contributed by atoms with van der Waals surface area (Å²) in [7, 11) is 4.97. The maximum absolute atomic E-state index is 12.3. The smallest absolute Gasteiger partial charge is 0.309 e. The van der Waals surface area contributed by atoms with Gasteiger partial charge in [0, 0.05) is 13.0 Å². The first-order valence-corrected chi connectivity index (χ1v) is 8.93. The van der Waals surface area contributed by atoms with Crippen molar-refractivity contribution in [3.05, 3.63) is 47.5 Å². The summed E-state index contributed by atoms with van der Waals surface area (Å²) in [4.78, 5) is 12.3. The van der Waals surface area contributed by atoms with Crippen molar-refractivity contribution in [2.24, 2.45) is 11.8 Å². The van der Waals surface area contributed by atoms with Crippen molar-refractivity contribution in [2.45, 2.75) is 12.8 Å². The number of carbonyl (C=O) groups excluding carboxylic acids is 1. The van der Waals surface area contributed by atoms with E-state index in [-0.39, 0.29) is 23.6 Å². The number of nitrogens with one attached hydrogen (secondary N) is 1. The van der Waals surface area contributed by atoms with Gasteiger partial charge in [-0.1, -0.05) is 12.1 Å². The first-order chi connectivity index (χ1) is 13.0. The highest BCUT2D eigenvalue weighted by Gasteiger charge is 2.37. The van der Waals surface area contributed by atoms with E-state index < -0.39 is 0 Å². The average Bonchev–Trinajstić information content (AvgIpc) is 3.02. The molecule has 0 aromatic heterocycles. The van der Waals surface area contributed by atoms with Crippen LogP contribution in [0, 0.1) is 11.8 Å². The average molecular weight is 371 g/mol. The Morgan fingerprint density at radius 2 is 1.78 bits per heavy atom. The Hall–Kier alpha value is -2.89. The SMILES string of the molecule is CNc1cc(C[C@H]2C(=O)OC[C@@H]2Cc2ccc(OC)c(OC)c2)ccc1O. The van der Waals surface area contributed by atoms with Gasteiger partial charge in [-0.05, 0) is 48.2 Å². The molecule has 1 saturated heterocycles. The zero-order valence-electron chi connectivity index (χ0n) is 15.8. The number of aromatic hydroxyl groups is 1. The van der Waals surface area contributed by atoms with E-state index in [4.69, 9.17) is 14.2 Å². The zero-order valence-corrected chi connectivity index (χ0v) is 15.8. The van der Waals surface area contributed by atoms with E-state index in [2.05, 4.69) is 5.32 Å². The van der Waals surface area contributed by atoms with Gasteiger partial charge in [-0.2, -0.15) is 0 Å². The molecule has 0 spiro atoms. The summed E-state index contributed by atoms with van der Waals surface area (Å²) in [5.74, 6) is 1.25. The molecule has 2 atom stereocenters. The molecule has 2 N–H and O–H groups in total. The summed E-state index contributed by atoms with van der Waals surface area (Å²) in [6.07, 6.45) is 1.29. The largest absolute Gasteiger partial charge is 0.506 e. The molecule has 0 aliphatic carbocycles. The Morgan fingerprint density at radius 3 is 2.48 bits per heavy atom. The first-order valence-electron chi connectivity index (χ1n) is 8.93. The Kier molecular flexibility index (Phi) is 5.74. The predicted octanol–water partition coefficient (Wildman–Crippen LogP) is 3.03. The highest BCUT2D eigenvalue weighted by molar-refractivity contribution is 5.75. The van der Waals surface area contributed by atoms with Gasteiger partial charge in [0.2, 0.25) is 0 Å². The van der Waals surface area contributed by atoms with Gasteiger partial charge in [-0.15, -0.1) is 0 Å². The van der Waals surface area contributed by atoms with Crippen LogP contribution in [-0.2, 0) is 22.4 Å². The number of rotatable bonds is 7. The molecule has 2 aromatic rings. The third kappa shape index (κ3) is 4.10. The molecular formula is C21H25NO5. The van der Waals surface area contributed by atoms with Crippen molar-refractivity contribution >= 4 is 11.7 Å². The monoisotopic (exact) mass is 371 g/mol. The minimum absolute atomic E-state index is 0.0856. The molecule has 3 rings (SSSR count). The Balaban J connectivity index is 1.76. The van der Waals surface area contributed by atoms with Crippen LogP contribution in [0.15, 0.2) is 36.4 Å². The van der Waals surface area contributed by atoms with Crippen LogP contribution in [0.25, 0.3) is 0 Å². The number of anilines is 1. The Morgan fingerprint density at radius 1 is 1.07 bits per heavy atom. The van der Waals surface area contributed by atoms with E-state index >= 15 is 0 Å². The van der Waals surface area contributed by atoms with E-state index in [0.29, 0.717) is 36.6 Å². The lowest BCUT2D eigenvalue weighted by Crippen LogP contribution is -2.20. The number of methoxy groups -OCH3 is 2. The zero-order chi connectivity index (χ0) is 19.4. The number of phenolic OH excluding ortho intramolecular Hbond substituents is 1. The lowest BCUT2D eigenvalue weighted by atomic mass is 9.85. The summed E-state index contributed by atoms with van der Waals surface area (Å²) < 4.78 is 16.0. The molecule has 1 aliphatic heterocycles. The molecule has 1 fully saturated rings. The van der Waals surface area contributed by atoms with Gasteiger partial charge < -0.3 is 24.6 Å². The number of cyclic esters (lactones) is 1. The Bertz CT molecular complexity index is 820. The number of hydrogen-bond donors (Lipinski definition) is 2. The normalized spacial score (nSPS) is 18.9. The maximum Gasteiger partial charge on any atom is 0.309 e. The highest BCUT2D eigenvalue weighted by Crippen LogP contribution is 2.34. The number of phenols is 1. The molecule has 0 radical (unpaired) electrons. The summed E-state index contributed by atoms with van der Waals surface area (Å²) in [5.41, 5.74) is 2.70. The second-order valence-corrected chi connectivity index (χ2v) is 6.70. The first kappa shape index (κ1) is 18.9. The fourth-order valence-corrected chi connectivity index (χ4v) is 3.53. The second-order valence-electron chi connectivity index (χ2n) is 6.70.